The van der Waals surface area contributed by atoms with Crippen LogP contribution in [0.25, 0.3) is 10.9 Å². The lowest BCUT2D eigenvalue weighted by Crippen LogP contribution is -2.16. The van der Waals surface area contributed by atoms with Gasteiger partial charge in [0.25, 0.3) is 28.2 Å². The van der Waals surface area contributed by atoms with Crippen molar-refractivity contribution >= 4 is 38.5 Å². The first kappa shape index (κ1) is 21.8. The molecule has 3 rings (SSSR count). The fourth-order valence-corrected chi connectivity index (χ4v) is 3.79. The molecule has 2 aromatic heterocycles. The second kappa shape index (κ2) is 8.44. The normalized spacial score (nSPS) is 11.7. The number of hydrogen-bond acceptors (Lipinski definition) is 7. The highest BCUT2D eigenvalue weighted by atomic mass is 35.5. The standard InChI is InChI=1S/C16H14ClF3N4O5S/c1-27-14-13(29-6-10(18)19)15(28-2)23-16(22-14)24-30(25,26)9-5-21-12-7(9)3-4-8(17)11(12)20/h3-5,10,21H,6H2,1-2H3,(H,22,23,24). The highest BCUT2D eigenvalue weighted by Crippen LogP contribution is 2.36. The summed E-state index contributed by atoms with van der Waals surface area (Å²) in [6.07, 6.45) is -1.71. The number of sulfonamides is 1. The molecule has 0 fully saturated rings. The molecule has 0 aliphatic carbocycles. The molecule has 0 bridgehead atoms. The minimum Gasteiger partial charge on any atom is -0.478 e. The SMILES string of the molecule is COc1nc(NS(=O)(=O)c2c[nH]c3c(F)c(Cl)ccc23)nc(OC)c1OCC(F)F. The Balaban J connectivity index is 2.00. The molecule has 2 N–H and O–H groups in total. The predicted molar refractivity (Wildman–Crippen MR) is 101 cm³/mol. The summed E-state index contributed by atoms with van der Waals surface area (Å²) in [6.45, 7) is -0.982. The van der Waals surface area contributed by atoms with Crippen LogP contribution in [0.4, 0.5) is 19.1 Å². The Morgan fingerprint density at radius 2 is 1.83 bits per heavy atom. The van der Waals surface area contributed by atoms with Crippen molar-refractivity contribution in [1.82, 2.24) is 15.0 Å². The molecule has 0 radical (unpaired) electrons. The molecule has 30 heavy (non-hydrogen) atoms. The van der Waals surface area contributed by atoms with Crippen LogP contribution in [0.5, 0.6) is 17.5 Å². The highest BCUT2D eigenvalue weighted by Gasteiger charge is 2.25. The first-order valence-corrected chi connectivity index (χ1v) is 9.93. The molecule has 14 heteroatoms. The molecule has 0 saturated carbocycles. The van der Waals surface area contributed by atoms with E-state index in [-0.39, 0.29) is 38.3 Å². The van der Waals surface area contributed by atoms with Crippen LogP contribution in [0.15, 0.2) is 23.2 Å². The van der Waals surface area contributed by atoms with Gasteiger partial charge < -0.3 is 19.2 Å². The van der Waals surface area contributed by atoms with Gasteiger partial charge >= 0.3 is 0 Å². The van der Waals surface area contributed by atoms with Crippen LogP contribution in [-0.4, -0.2) is 50.6 Å². The van der Waals surface area contributed by atoms with Crippen LogP contribution in [0.3, 0.4) is 0 Å². The van der Waals surface area contributed by atoms with Gasteiger partial charge in [0.05, 0.1) is 24.8 Å². The quantitative estimate of drug-likeness (QED) is 0.523. The zero-order chi connectivity index (χ0) is 22.1. The van der Waals surface area contributed by atoms with E-state index in [1.165, 1.54) is 26.4 Å². The summed E-state index contributed by atoms with van der Waals surface area (Å²) >= 11 is 5.70. The second-order valence-corrected chi connectivity index (χ2v) is 7.70. The number of aromatic nitrogens is 3. The minimum absolute atomic E-state index is 0.0419. The number of methoxy groups -OCH3 is 2. The van der Waals surface area contributed by atoms with Crippen molar-refractivity contribution in [2.45, 2.75) is 11.3 Å². The fraction of sp³-hybridized carbons (Fsp3) is 0.250. The number of rotatable bonds is 8. The summed E-state index contributed by atoms with van der Waals surface area (Å²) < 4.78 is 81.5. The van der Waals surface area contributed by atoms with Gasteiger partial charge in [-0.05, 0) is 12.1 Å². The Morgan fingerprint density at radius 3 is 2.40 bits per heavy atom. The third-order valence-electron chi connectivity index (χ3n) is 3.77. The van der Waals surface area contributed by atoms with Crippen molar-refractivity contribution in [1.29, 1.82) is 0 Å². The fourth-order valence-electron chi connectivity index (χ4n) is 2.51. The molecule has 0 atom stereocenters. The molecule has 0 saturated heterocycles. The van der Waals surface area contributed by atoms with E-state index in [1.54, 1.807) is 0 Å². The minimum atomic E-state index is -4.30. The Labute approximate surface area is 173 Å². The lowest BCUT2D eigenvalue weighted by molar-refractivity contribution is 0.0781. The summed E-state index contributed by atoms with van der Waals surface area (Å²) in [6, 6.07) is 2.54. The van der Waals surface area contributed by atoms with Crippen molar-refractivity contribution in [3.8, 4) is 17.5 Å². The maximum atomic E-state index is 14.1. The molecule has 2 heterocycles. The number of nitrogens with zero attached hydrogens (tertiary/aromatic N) is 2. The van der Waals surface area contributed by atoms with E-state index in [4.69, 9.17) is 25.8 Å². The molecule has 162 valence electrons. The van der Waals surface area contributed by atoms with Crippen molar-refractivity contribution in [2.75, 3.05) is 25.5 Å². The number of benzene rings is 1. The van der Waals surface area contributed by atoms with Gasteiger partial charge in [0.2, 0.25) is 11.7 Å². The van der Waals surface area contributed by atoms with Crippen LogP contribution in [0.2, 0.25) is 5.02 Å². The number of hydrogen-bond donors (Lipinski definition) is 2. The Hall–Kier alpha value is -2.93. The number of fused-ring (bicyclic) bond motifs is 1. The van der Waals surface area contributed by atoms with E-state index in [2.05, 4.69) is 19.7 Å². The first-order valence-electron chi connectivity index (χ1n) is 8.06. The van der Waals surface area contributed by atoms with E-state index in [9.17, 15) is 21.6 Å². The lowest BCUT2D eigenvalue weighted by Gasteiger charge is -2.14. The topological polar surface area (TPSA) is 115 Å². The Morgan fingerprint density at radius 1 is 1.20 bits per heavy atom. The lowest BCUT2D eigenvalue weighted by atomic mass is 10.2. The highest BCUT2D eigenvalue weighted by molar-refractivity contribution is 7.93. The zero-order valence-corrected chi connectivity index (χ0v) is 16.9. The van der Waals surface area contributed by atoms with Gasteiger partial charge in [0.1, 0.15) is 11.5 Å². The second-order valence-electron chi connectivity index (χ2n) is 5.64. The van der Waals surface area contributed by atoms with Crippen molar-refractivity contribution in [3.63, 3.8) is 0 Å². The maximum Gasteiger partial charge on any atom is 0.272 e. The smallest absolute Gasteiger partial charge is 0.272 e. The number of nitrogens with one attached hydrogen (secondary N) is 2. The average Bonchev–Trinajstić information content (AvgIpc) is 3.14. The summed E-state index contributed by atoms with van der Waals surface area (Å²) in [5, 5.41) is -0.140. The molecule has 0 aliphatic rings. The molecule has 0 amide bonds. The van der Waals surface area contributed by atoms with Gasteiger partial charge in [-0.1, -0.05) is 11.6 Å². The van der Waals surface area contributed by atoms with E-state index >= 15 is 0 Å². The Kier molecular flexibility index (Phi) is 6.12. The molecule has 0 unspecified atom stereocenters. The maximum absolute atomic E-state index is 14.1. The van der Waals surface area contributed by atoms with Gasteiger partial charge in [0.15, 0.2) is 5.82 Å². The molecule has 9 nitrogen and oxygen atoms in total. The number of aromatic amines is 1. The van der Waals surface area contributed by atoms with E-state index in [0.717, 1.165) is 6.20 Å². The third-order valence-corrected chi connectivity index (χ3v) is 5.43. The van der Waals surface area contributed by atoms with Crippen LogP contribution >= 0.6 is 11.6 Å². The van der Waals surface area contributed by atoms with Gasteiger partial charge in [0, 0.05) is 11.6 Å². The van der Waals surface area contributed by atoms with Gasteiger partial charge in [-0.25, -0.2) is 26.3 Å². The van der Waals surface area contributed by atoms with Gasteiger partial charge in [-0.15, -0.1) is 0 Å². The summed E-state index contributed by atoms with van der Waals surface area (Å²) in [4.78, 5) is 9.82. The summed E-state index contributed by atoms with van der Waals surface area (Å²) in [5.74, 6) is -2.30. The average molecular weight is 467 g/mol. The van der Waals surface area contributed by atoms with Crippen LogP contribution in [0.1, 0.15) is 0 Å². The van der Waals surface area contributed by atoms with Gasteiger partial charge in [-0.2, -0.15) is 9.97 Å². The zero-order valence-electron chi connectivity index (χ0n) is 15.4. The number of H-pyrrole nitrogens is 1. The molecule has 0 spiro atoms. The number of halogens is 4. The molecule has 0 aliphatic heterocycles. The first-order chi connectivity index (χ1) is 14.2. The van der Waals surface area contributed by atoms with E-state index in [0.29, 0.717) is 0 Å². The molecule has 1 aromatic carbocycles. The number of ether oxygens (including phenoxy) is 3. The van der Waals surface area contributed by atoms with Crippen LogP contribution in [0, 0.1) is 5.82 Å². The van der Waals surface area contributed by atoms with Crippen LogP contribution in [-0.2, 0) is 10.0 Å². The summed E-state index contributed by atoms with van der Waals surface area (Å²) in [7, 11) is -1.97. The molecule has 3 aromatic rings. The summed E-state index contributed by atoms with van der Waals surface area (Å²) in [5.41, 5.74) is -0.102. The molecular weight excluding hydrogens is 453 g/mol. The van der Waals surface area contributed by atoms with Crippen molar-refractivity contribution in [3.05, 3.63) is 29.2 Å². The van der Waals surface area contributed by atoms with Crippen molar-refractivity contribution < 1.29 is 35.8 Å². The predicted octanol–water partition coefficient (Wildman–Crippen LogP) is 3.21. The number of anilines is 1. The van der Waals surface area contributed by atoms with Gasteiger partial charge in [-0.3, -0.25) is 0 Å². The number of alkyl halides is 2. The third kappa shape index (κ3) is 4.16. The van der Waals surface area contributed by atoms with Crippen molar-refractivity contribution in [2.24, 2.45) is 0 Å². The largest absolute Gasteiger partial charge is 0.478 e. The Bertz CT molecular complexity index is 1160. The monoisotopic (exact) mass is 466 g/mol. The van der Waals surface area contributed by atoms with E-state index < -0.39 is 34.8 Å². The van der Waals surface area contributed by atoms with E-state index in [1.807, 2.05) is 0 Å². The molecular formula is C16H14ClF3N4O5S. The van der Waals surface area contributed by atoms with Crippen LogP contribution < -0.4 is 18.9 Å².